The lowest BCUT2D eigenvalue weighted by Crippen LogP contribution is -2.42. The molecule has 3 N–H and O–H groups in total. The molecule has 8 nitrogen and oxygen atoms in total. The predicted octanol–water partition coefficient (Wildman–Crippen LogP) is 3.60. The van der Waals surface area contributed by atoms with Crippen LogP contribution in [0, 0.1) is 17.8 Å². The lowest BCUT2D eigenvalue weighted by atomic mass is 9.68. The number of imide groups is 1. The van der Waals surface area contributed by atoms with Gasteiger partial charge in [-0.3, -0.25) is 14.5 Å². The maximum Gasteiger partial charge on any atom is 0.234 e. The Balaban J connectivity index is 1.55. The molecule has 1 aliphatic heterocycles. The van der Waals surface area contributed by atoms with Gasteiger partial charge in [-0.15, -0.1) is 0 Å². The molecule has 2 amide bonds. The highest BCUT2D eigenvalue weighted by Gasteiger charge is 2.56. The predicted molar refractivity (Wildman–Crippen MR) is 138 cm³/mol. The Morgan fingerprint density at radius 2 is 1.95 bits per heavy atom. The van der Waals surface area contributed by atoms with Crippen LogP contribution in [-0.4, -0.2) is 64.5 Å². The second kappa shape index (κ2) is 12.5. The second-order valence-corrected chi connectivity index (χ2v) is 10.6. The summed E-state index contributed by atoms with van der Waals surface area (Å²) in [5, 5.41) is 31.1. The Bertz CT molecular complexity index is 1020. The van der Waals surface area contributed by atoms with Crippen molar-refractivity contribution in [3.05, 3.63) is 40.4 Å². The first-order chi connectivity index (χ1) is 17.9. The largest absolute Gasteiger partial charge is 0.459 e. The number of aliphatic hydroxyl groups excluding tert-OH is 3. The van der Waals surface area contributed by atoms with E-state index >= 15 is 0 Å². The molecule has 4 rings (SSSR count). The summed E-state index contributed by atoms with van der Waals surface area (Å²) in [4.78, 5) is 28.6. The maximum absolute atomic E-state index is 13.6. The molecule has 4 atom stereocenters. The van der Waals surface area contributed by atoms with E-state index in [9.17, 15) is 24.9 Å². The average Bonchev–Trinajstić information content (AvgIpc) is 3.47. The quantitative estimate of drug-likeness (QED) is 0.304. The minimum absolute atomic E-state index is 0.0526. The van der Waals surface area contributed by atoms with Crippen LogP contribution in [0.1, 0.15) is 76.2 Å². The van der Waals surface area contributed by atoms with Crippen molar-refractivity contribution >= 4 is 17.9 Å². The molecule has 8 heteroatoms. The molecule has 0 radical (unpaired) electrons. The van der Waals surface area contributed by atoms with E-state index in [4.69, 9.17) is 9.15 Å². The van der Waals surface area contributed by atoms with Gasteiger partial charge in [0.05, 0.1) is 31.2 Å². The lowest BCUT2D eigenvalue weighted by molar-refractivity contribution is -0.143. The van der Waals surface area contributed by atoms with Crippen molar-refractivity contribution in [2.24, 2.45) is 17.8 Å². The average molecular weight is 516 g/mol. The molecule has 0 spiro atoms. The van der Waals surface area contributed by atoms with Crippen LogP contribution in [0.2, 0.25) is 0 Å². The van der Waals surface area contributed by atoms with Gasteiger partial charge in [0.1, 0.15) is 18.1 Å². The summed E-state index contributed by atoms with van der Waals surface area (Å²) < 4.78 is 11.0. The van der Waals surface area contributed by atoms with Gasteiger partial charge < -0.3 is 24.5 Å². The molecule has 2 fully saturated rings. The molecule has 0 aromatic carbocycles. The molecule has 1 aromatic rings. The summed E-state index contributed by atoms with van der Waals surface area (Å²) in [6.45, 7) is 1.83. The number of ether oxygens (including phenoxy) is 1. The number of hydrogen-bond acceptors (Lipinski definition) is 7. The minimum atomic E-state index is -0.866. The standard InChI is InChI=1S/C29H41NO7/c1-3-18(13-21-10-11-22(15-31)37-21)9-12-25(33)26-19(17-36-2)14-23-27(24(26)16-32)29(35)30(28(23)34)20-7-5-4-6-8-20/h10-11,13,20,23-25,27,31-33H,3-9,12,14-17H2,1-2H3/b18-13+/t23-,24+,25-,27-/m1/s1. The second-order valence-electron chi connectivity index (χ2n) is 10.6. The highest BCUT2D eigenvalue weighted by atomic mass is 16.5. The van der Waals surface area contributed by atoms with Crippen LogP contribution >= 0.6 is 0 Å². The van der Waals surface area contributed by atoms with Gasteiger partial charge in [0, 0.05) is 19.1 Å². The first-order valence-corrected chi connectivity index (χ1v) is 13.7. The fraction of sp³-hybridized carbons (Fsp3) is 0.655. The highest BCUT2D eigenvalue weighted by molar-refractivity contribution is 6.06. The van der Waals surface area contributed by atoms with E-state index in [1.54, 1.807) is 19.2 Å². The van der Waals surface area contributed by atoms with Crippen molar-refractivity contribution in [2.45, 2.75) is 83.5 Å². The Labute approximate surface area is 219 Å². The topological polar surface area (TPSA) is 120 Å². The Kier molecular flexibility index (Phi) is 9.40. The number of rotatable bonds is 11. The number of likely N-dealkylation sites (tertiary alicyclic amines) is 1. The van der Waals surface area contributed by atoms with Gasteiger partial charge in [-0.2, -0.15) is 0 Å². The summed E-state index contributed by atoms with van der Waals surface area (Å²) >= 11 is 0. The van der Waals surface area contributed by atoms with Gasteiger partial charge in [0.15, 0.2) is 0 Å². The maximum atomic E-state index is 13.6. The first kappa shape index (κ1) is 27.8. The molecule has 0 bridgehead atoms. The summed E-state index contributed by atoms with van der Waals surface area (Å²) in [6.07, 6.45) is 8.08. The van der Waals surface area contributed by atoms with Crippen LogP contribution in [0.4, 0.5) is 0 Å². The third kappa shape index (κ3) is 5.77. The van der Waals surface area contributed by atoms with Gasteiger partial charge in [0.25, 0.3) is 0 Å². The number of amides is 2. The zero-order valence-corrected chi connectivity index (χ0v) is 22.0. The molecule has 1 aromatic heterocycles. The van der Waals surface area contributed by atoms with Crippen molar-refractivity contribution in [1.29, 1.82) is 0 Å². The molecule has 1 saturated heterocycles. The van der Waals surface area contributed by atoms with E-state index in [2.05, 4.69) is 0 Å². The summed E-state index contributed by atoms with van der Waals surface area (Å²) in [5.41, 5.74) is 2.56. The molecule has 2 aliphatic carbocycles. The Morgan fingerprint density at radius 1 is 1.19 bits per heavy atom. The van der Waals surface area contributed by atoms with Crippen LogP contribution in [0.15, 0.2) is 33.3 Å². The zero-order chi connectivity index (χ0) is 26.5. The molecule has 2 heterocycles. The third-order valence-corrected chi connectivity index (χ3v) is 8.41. The fourth-order valence-electron chi connectivity index (χ4n) is 6.58. The van der Waals surface area contributed by atoms with Crippen LogP contribution in [-0.2, 0) is 20.9 Å². The third-order valence-electron chi connectivity index (χ3n) is 8.41. The summed E-state index contributed by atoms with van der Waals surface area (Å²) in [5.74, 6) is -0.898. The van der Waals surface area contributed by atoms with Crippen molar-refractivity contribution in [3.8, 4) is 0 Å². The minimum Gasteiger partial charge on any atom is -0.459 e. The number of nitrogens with zero attached hydrogens (tertiary/aromatic N) is 1. The smallest absolute Gasteiger partial charge is 0.234 e. The molecular formula is C29H41NO7. The number of furan rings is 1. The number of hydrogen-bond donors (Lipinski definition) is 3. The monoisotopic (exact) mass is 515 g/mol. The molecule has 1 saturated carbocycles. The number of allylic oxidation sites excluding steroid dienone is 1. The van der Waals surface area contributed by atoms with Crippen molar-refractivity contribution in [2.75, 3.05) is 20.3 Å². The van der Waals surface area contributed by atoms with E-state index in [0.717, 1.165) is 49.7 Å². The van der Waals surface area contributed by atoms with Gasteiger partial charge in [-0.25, -0.2) is 0 Å². The Hall–Kier alpha value is -2.26. The van der Waals surface area contributed by atoms with Crippen LogP contribution in [0.3, 0.4) is 0 Å². The van der Waals surface area contributed by atoms with Crippen molar-refractivity contribution in [3.63, 3.8) is 0 Å². The molecule has 3 aliphatic rings. The van der Waals surface area contributed by atoms with Crippen LogP contribution in [0.25, 0.3) is 6.08 Å². The van der Waals surface area contributed by atoms with Crippen LogP contribution < -0.4 is 0 Å². The summed E-state index contributed by atoms with van der Waals surface area (Å²) in [7, 11) is 1.58. The lowest BCUT2D eigenvalue weighted by Gasteiger charge is -2.36. The molecule has 0 unspecified atom stereocenters. The van der Waals surface area contributed by atoms with Gasteiger partial charge >= 0.3 is 0 Å². The Morgan fingerprint density at radius 3 is 2.57 bits per heavy atom. The number of aliphatic hydroxyl groups is 3. The van der Waals surface area contributed by atoms with E-state index in [0.29, 0.717) is 36.4 Å². The van der Waals surface area contributed by atoms with E-state index in [1.165, 1.54) is 4.90 Å². The molecule has 37 heavy (non-hydrogen) atoms. The SMILES string of the molecule is CC/C(=C\c1ccc(CO)o1)CC[C@@H](O)C1=C(COC)C[C@H]2C(=O)N(C3CCCCC3)C(=O)[C@H]2[C@H]1CO. The zero-order valence-electron chi connectivity index (χ0n) is 22.0. The van der Waals surface area contributed by atoms with Gasteiger partial charge in [-0.1, -0.05) is 31.8 Å². The van der Waals surface area contributed by atoms with E-state index < -0.39 is 23.9 Å². The molecular weight excluding hydrogens is 474 g/mol. The first-order valence-electron chi connectivity index (χ1n) is 13.7. The van der Waals surface area contributed by atoms with Gasteiger partial charge in [-0.05, 0) is 67.9 Å². The number of methoxy groups -OCH3 is 1. The number of carbonyl (C=O) groups excluding carboxylic acids is 2. The highest BCUT2D eigenvalue weighted by Crippen LogP contribution is 2.47. The van der Waals surface area contributed by atoms with Gasteiger partial charge in [0.2, 0.25) is 11.8 Å². The summed E-state index contributed by atoms with van der Waals surface area (Å²) in [6, 6.07) is 3.49. The van der Waals surface area contributed by atoms with Crippen LogP contribution in [0.5, 0.6) is 0 Å². The van der Waals surface area contributed by atoms with Crippen molar-refractivity contribution < 1.29 is 34.1 Å². The fourth-order valence-corrected chi connectivity index (χ4v) is 6.58. The number of carbonyl (C=O) groups is 2. The van der Waals surface area contributed by atoms with E-state index in [1.807, 2.05) is 13.0 Å². The number of fused-ring (bicyclic) bond motifs is 1. The van der Waals surface area contributed by atoms with Crippen molar-refractivity contribution in [1.82, 2.24) is 4.90 Å². The van der Waals surface area contributed by atoms with E-state index in [-0.39, 0.29) is 37.7 Å². The normalized spacial score (nSPS) is 26.2. The molecule has 204 valence electrons.